The van der Waals surface area contributed by atoms with Crippen LogP contribution in [0, 0.1) is 18.6 Å². The standard InChI is InChI=1S/C21H27F2N5OS/c1-14-19(20(29)25-13-18-17(23)11-15(22)12-24-18)26-21(30-14)28-9-5-16(6-10-28)27-7-3-2-4-8-27/h11-12,16H,2-10,13H2,1H3,(H,25,29). The zero-order chi connectivity index (χ0) is 21.1. The summed E-state index contributed by atoms with van der Waals surface area (Å²) in [7, 11) is 0. The third-order valence-electron chi connectivity index (χ3n) is 5.94. The molecular weight excluding hydrogens is 408 g/mol. The lowest BCUT2D eigenvalue weighted by Gasteiger charge is -2.40. The summed E-state index contributed by atoms with van der Waals surface area (Å²) >= 11 is 1.51. The molecule has 162 valence electrons. The van der Waals surface area contributed by atoms with Gasteiger partial charge in [0.25, 0.3) is 5.91 Å². The van der Waals surface area contributed by atoms with Crippen molar-refractivity contribution in [2.75, 3.05) is 31.1 Å². The molecule has 6 nitrogen and oxygen atoms in total. The minimum absolute atomic E-state index is 0.00218. The number of piperidine rings is 2. The number of thiazole rings is 1. The van der Waals surface area contributed by atoms with Crippen molar-refractivity contribution in [1.82, 2.24) is 20.2 Å². The highest BCUT2D eigenvalue weighted by Crippen LogP contribution is 2.30. The number of nitrogens with one attached hydrogen (secondary N) is 1. The third-order valence-corrected chi connectivity index (χ3v) is 6.97. The third kappa shape index (κ3) is 4.78. The Kier molecular flexibility index (Phi) is 6.58. The van der Waals surface area contributed by atoms with Crippen LogP contribution in [0.4, 0.5) is 13.9 Å². The summed E-state index contributed by atoms with van der Waals surface area (Å²) in [4.78, 5) is 26.5. The molecule has 0 saturated carbocycles. The van der Waals surface area contributed by atoms with E-state index in [4.69, 9.17) is 0 Å². The maximum atomic E-state index is 13.7. The van der Waals surface area contributed by atoms with E-state index in [0.29, 0.717) is 11.7 Å². The van der Waals surface area contributed by atoms with Crippen LogP contribution in [0.2, 0.25) is 0 Å². The summed E-state index contributed by atoms with van der Waals surface area (Å²) in [6.45, 7) is 6.08. The van der Waals surface area contributed by atoms with Crippen LogP contribution < -0.4 is 10.2 Å². The molecule has 0 spiro atoms. The molecule has 2 saturated heterocycles. The molecule has 2 aromatic rings. The monoisotopic (exact) mass is 435 g/mol. The van der Waals surface area contributed by atoms with E-state index in [2.05, 4.69) is 25.1 Å². The largest absolute Gasteiger partial charge is 0.348 e. The van der Waals surface area contributed by atoms with Gasteiger partial charge in [-0.05, 0) is 45.7 Å². The van der Waals surface area contributed by atoms with E-state index in [1.165, 1.54) is 43.7 Å². The van der Waals surface area contributed by atoms with Gasteiger partial charge in [-0.1, -0.05) is 6.42 Å². The van der Waals surface area contributed by atoms with Crippen LogP contribution >= 0.6 is 11.3 Å². The number of halogens is 2. The van der Waals surface area contributed by atoms with Gasteiger partial charge in [0.1, 0.15) is 17.3 Å². The molecule has 0 unspecified atom stereocenters. The Labute approximate surface area is 179 Å². The van der Waals surface area contributed by atoms with Crippen molar-refractivity contribution in [3.05, 3.63) is 40.2 Å². The summed E-state index contributed by atoms with van der Waals surface area (Å²) in [5, 5.41) is 3.50. The van der Waals surface area contributed by atoms with Gasteiger partial charge in [-0.2, -0.15) is 0 Å². The second kappa shape index (κ2) is 9.34. The highest BCUT2D eigenvalue weighted by molar-refractivity contribution is 7.15. The predicted molar refractivity (Wildman–Crippen MR) is 113 cm³/mol. The first-order chi connectivity index (χ1) is 14.5. The second-order valence-electron chi connectivity index (χ2n) is 7.98. The maximum Gasteiger partial charge on any atom is 0.271 e. The van der Waals surface area contributed by atoms with Crippen molar-refractivity contribution in [1.29, 1.82) is 0 Å². The van der Waals surface area contributed by atoms with Crippen LogP contribution in [0.25, 0.3) is 0 Å². The Hall–Kier alpha value is -2.13. The van der Waals surface area contributed by atoms with E-state index < -0.39 is 11.6 Å². The summed E-state index contributed by atoms with van der Waals surface area (Å²) in [6, 6.07) is 1.41. The molecule has 2 aliphatic heterocycles. The average molecular weight is 436 g/mol. The number of likely N-dealkylation sites (tertiary alicyclic amines) is 1. The minimum Gasteiger partial charge on any atom is -0.348 e. The van der Waals surface area contributed by atoms with Crippen LogP contribution in [0.3, 0.4) is 0 Å². The summed E-state index contributed by atoms with van der Waals surface area (Å²) in [6.07, 6.45) is 7.14. The van der Waals surface area contributed by atoms with Crippen LogP contribution in [0.1, 0.15) is 53.2 Å². The number of aryl methyl sites for hydroxylation is 1. The van der Waals surface area contributed by atoms with Gasteiger partial charge in [0.05, 0.1) is 18.4 Å². The van der Waals surface area contributed by atoms with Crippen LogP contribution in [-0.2, 0) is 6.54 Å². The van der Waals surface area contributed by atoms with E-state index in [9.17, 15) is 13.6 Å². The number of hydrogen-bond donors (Lipinski definition) is 1. The van der Waals surface area contributed by atoms with Crippen molar-refractivity contribution in [2.45, 2.75) is 51.6 Å². The van der Waals surface area contributed by atoms with Gasteiger partial charge < -0.3 is 15.1 Å². The fourth-order valence-electron chi connectivity index (χ4n) is 4.25. The van der Waals surface area contributed by atoms with Crippen LogP contribution in [-0.4, -0.2) is 53.0 Å². The SMILES string of the molecule is Cc1sc(N2CCC(N3CCCCC3)CC2)nc1C(=O)NCc1ncc(F)cc1F. The summed E-state index contributed by atoms with van der Waals surface area (Å²) in [5.74, 6) is -1.89. The average Bonchev–Trinajstić information content (AvgIpc) is 3.15. The number of carbonyl (C=O) groups excluding carboxylic acids is 1. The van der Waals surface area contributed by atoms with Gasteiger partial charge in [0, 0.05) is 30.1 Å². The molecule has 2 fully saturated rings. The lowest BCUT2D eigenvalue weighted by Crippen LogP contribution is -2.46. The molecule has 2 aliphatic rings. The Morgan fingerprint density at radius 1 is 1.20 bits per heavy atom. The smallest absolute Gasteiger partial charge is 0.271 e. The number of amides is 1. The fourth-order valence-corrected chi connectivity index (χ4v) is 5.21. The highest BCUT2D eigenvalue weighted by atomic mass is 32.1. The molecule has 0 atom stereocenters. The maximum absolute atomic E-state index is 13.7. The summed E-state index contributed by atoms with van der Waals surface area (Å²) in [5.41, 5.74) is 0.355. The molecular formula is C21H27F2N5OS. The van der Waals surface area contributed by atoms with Gasteiger partial charge >= 0.3 is 0 Å². The van der Waals surface area contributed by atoms with Gasteiger partial charge in [-0.15, -0.1) is 11.3 Å². The fraction of sp³-hybridized carbons (Fsp3) is 0.571. The number of nitrogens with zero attached hydrogens (tertiary/aromatic N) is 4. The molecule has 2 aromatic heterocycles. The van der Waals surface area contributed by atoms with E-state index in [0.717, 1.165) is 48.2 Å². The number of aromatic nitrogens is 2. The molecule has 9 heteroatoms. The second-order valence-corrected chi connectivity index (χ2v) is 9.16. The highest BCUT2D eigenvalue weighted by Gasteiger charge is 2.27. The van der Waals surface area contributed by atoms with Crippen molar-refractivity contribution >= 4 is 22.4 Å². The number of anilines is 1. The topological polar surface area (TPSA) is 61.4 Å². The molecule has 1 amide bonds. The van der Waals surface area contributed by atoms with Crippen molar-refractivity contribution in [2.24, 2.45) is 0 Å². The van der Waals surface area contributed by atoms with Crippen molar-refractivity contribution in [3.63, 3.8) is 0 Å². The van der Waals surface area contributed by atoms with Gasteiger partial charge in [0.15, 0.2) is 5.13 Å². The lowest BCUT2D eigenvalue weighted by atomic mass is 10.0. The number of carbonyl (C=O) groups is 1. The van der Waals surface area contributed by atoms with E-state index in [1.54, 1.807) is 0 Å². The zero-order valence-electron chi connectivity index (χ0n) is 17.2. The summed E-state index contributed by atoms with van der Waals surface area (Å²) < 4.78 is 26.7. The first-order valence-electron chi connectivity index (χ1n) is 10.6. The zero-order valence-corrected chi connectivity index (χ0v) is 18.0. The minimum atomic E-state index is -0.775. The first kappa shape index (κ1) is 21.1. The van der Waals surface area contributed by atoms with Crippen molar-refractivity contribution < 1.29 is 13.6 Å². The normalized spacial score (nSPS) is 18.6. The molecule has 1 N–H and O–H groups in total. The van der Waals surface area contributed by atoms with E-state index in [1.807, 2.05) is 6.92 Å². The van der Waals surface area contributed by atoms with E-state index >= 15 is 0 Å². The predicted octanol–water partition coefficient (Wildman–Crippen LogP) is 3.51. The van der Waals surface area contributed by atoms with Crippen LogP contribution in [0.5, 0.6) is 0 Å². The quantitative estimate of drug-likeness (QED) is 0.779. The number of pyridine rings is 1. The molecule has 0 aliphatic carbocycles. The van der Waals surface area contributed by atoms with Gasteiger partial charge in [-0.25, -0.2) is 13.8 Å². The lowest BCUT2D eigenvalue weighted by molar-refractivity contribution is 0.0945. The molecule has 4 heterocycles. The molecule has 0 bridgehead atoms. The molecule has 0 radical (unpaired) electrons. The van der Waals surface area contributed by atoms with Gasteiger partial charge in [-0.3, -0.25) is 9.78 Å². The molecule has 0 aromatic carbocycles. The number of rotatable bonds is 5. The first-order valence-corrected chi connectivity index (χ1v) is 11.4. The Bertz CT molecular complexity index is 892. The van der Waals surface area contributed by atoms with Crippen LogP contribution in [0.15, 0.2) is 12.3 Å². The van der Waals surface area contributed by atoms with E-state index in [-0.39, 0.29) is 18.1 Å². The Balaban J connectivity index is 1.34. The Morgan fingerprint density at radius 2 is 1.93 bits per heavy atom. The Morgan fingerprint density at radius 3 is 2.63 bits per heavy atom. The number of hydrogen-bond acceptors (Lipinski definition) is 6. The van der Waals surface area contributed by atoms with Gasteiger partial charge in [0.2, 0.25) is 0 Å². The molecule has 30 heavy (non-hydrogen) atoms. The van der Waals surface area contributed by atoms with Crippen molar-refractivity contribution in [3.8, 4) is 0 Å². The molecule has 4 rings (SSSR count).